The van der Waals surface area contributed by atoms with Crippen molar-refractivity contribution in [3.05, 3.63) is 224 Å². The first-order chi connectivity index (χ1) is 39.9. The highest BCUT2D eigenvalue weighted by Crippen LogP contribution is 2.30. The second-order valence-corrected chi connectivity index (χ2v) is 24.2. The van der Waals surface area contributed by atoms with E-state index in [1.54, 1.807) is 65.8 Å². The maximum atomic E-state index is 13.8. The summed E-state index contributed by atoms with van der Waals surface area (Å²) in [4.78, 5) is 73.2. The fourth-order valence-corrected chi connectivity index (χ4v) is 10.6. The molecule has 85 heavy (non-hydrogen) atoms. The maximum absolute atomic E-state index is 13.8. The molecule has 0 aliphatic heterocycles. The molecular formula is C62H69N9O11S3. The van der Waals surface area contributed by atoms with Crippen molar-refractivity contribution < 1.29 is 46.5 Å². The van der Waals surface area contributed by atoms with Crippen molar-refractivity contribution in [1.29, 1.82) is 0 Å². The molecule has 0 unspecified atom stereocenters. The summed E-state index contributed by atoms with van der Waals surface area (Å²) in [5, 5.41) is 28.1. The number of carbonyl (C=O) groups is 4. The molecule has 0 fully saturated rings. The quantitative estimate of drug-likeness (QED) is 0.0222. The fourth-order valence-electron chi connectivity index (χ4n) is 8.42. The Kier molecular flexibility index (Phi) is 23.1. The first kappa shape index (κ1) is 65.3. The lowest BCUT2D eigenvalue weighted by molar-refractivity contribution is -0.384. The van der Waals surface area contributed by atoms with Gasteiger partial charge in [-0.3, -0.25) is 24.4 Å². The lowest BCUT2D eigenvalue weighted by Crippen LogP contribution is -2.50. The lowest BCUT2D eigenvalue weighted by Gasteiger charge is -2.25. The van der Waals surface area contributed by atoms with Crippen LogP contribution in [0.1, 0.15) is 87.3 Å². The predicted octanol–water partition coefficient (Wildman–Crippen LogP) is 11.8. The van der Waals surface area contributed by atoms with Gasteiger partial charge in [0.1, 0.15) is 33.3 Å². The van der Waals surface area contributed by atoms with Crippen LogP contribution in [0.25, 0.3) is 21.1 Å². The van der Waals surface area contributed by atoms with Crippen LogP contribution in [0.5, 0.6) is 0 Å². The molecule has 0 saturated carbocycles. The van der Waals surface area contributed by atoms with Crippen LogP contribution < -0.4 is 32.1 Å². The molecule has 4 atom stereocenters. The number of non-ortho nitro benzene ring substituents is 1. The van der Waals surface area contributed by atoms with Gasteiger partial charge < -0.3 is 41.4 Å². The van der Waals surface area contributed by atoms with Gasteiger partial charge in [0, 0.05) is 52.5 Å². The summed E-state index contributed by atoms with van der Waals surface area (Å²) in [5.74, 6) is -0.828. The van der Waals surface area contributed by atoms with Crippen molar-refractivity contribution in [2.45, 2.75) is 103 Å². The summed E-state index contributed by atoms with van der Waals surface area (Å²) in [7, 11) is -4.66. The first-order valence-corrected chi connectivity index (χ1v) is 29.8. The fraction of sp³-hybridized carbons (Fsp3) is 0.258. The molecular weight excluding hydrogens is 1140 g/mol. The van der Waals surface area contributed by atoms with E-state index in [-0.39, 0.29) is 30.4 Å². The Labute approximate surface area is 502 Å². The minimum atomic E-state index is -4.66. The predicted molar refractivity (Wildman–Crippen MR) is 330 cm³/mol. The van der Waals surface area contributed by atoms with Crippen LogP contribution in [0, 0.1) is 10.1 Å². The van der Waals surface area contributed by atoms with Crippen LogP contribution in [0.4, 0.5) is 21.0 Å². The van der Waals surface area contributed by atoms with E-state index in [1.807, 2.05) is 137 Å². The number of hydrogen-bond donors (Lipinski definition) is 6. The topological polar surface area (TPSA) is 310 Å². The van der Waals surface area contributed by atoms with E-state index < -0.39 is 74.6 Å². The Balaban J connectivity index is 0.000000269. The van der Waals surface area contributed by atoms with E-state index >= 15 is 0 Å². The van der Waals surface area contributed by atoms with Gasteiger partial charge in [-0.25, -0.2) is 28.0 Å². The van der Waals surface area contributed by atoms with Gasteiger partial charge in [-0.15, -0.1) is 22.7 Å². The molecule has 2 aromatic heterocycles. The summed E-state index contributed by atoms with van der Waals surface area (Å²) < 4.78 is 46.0. The Morgan fingerprint density at radius 3 is 1.20 bits per heavy atom. The molecule has 20 nitrogen and oxygen atoms in total. The number of anilines is 1. The average molecular weight is 1210 g/mol. The van der Waals surface area contributed by atoms with Gasteiger partial charge in [-0.2, -0.15) is 0 Å². The van der Waals surface area contributed by atoms with Crippen LogP contribution in [0.15, 0.2) is 181 Å². The lowest BCUT2D eigenvalue weighted by atomic mass is 10.0. The Hall–Kier alpha value is -8.87. The number of quaternary nitrogens is 1. The molecule has 0 saturated heterocycles. The Morgan fingerprint density at radius 1 is 0.518 bits per heavy atom. The monoisotopic (exact) mass is 1210 g/mol. The number of amides is 4. The molecule has 6 aromatic carbocycles. The SMILES string of the molecule is CC(C)(C)OC(=O)N[C@@H](Cc1ccccc1)C(=O)N[C@@H](Cc1ccc(NS(=O)(=O)[O-])cc1)c1csc(-c2ccccc2)n1.CC(C)(C)OC(=O)N[C@@H](Cc1ccccc1)C(=O)N[C@@H](Cc1ccc([N+](=O)[O-])cc1)c1csc(-c2ccccc2)n1.[NH4+]. The molecule has 8 aromatic rings. The molecule has 9 N–H and O–H groups in total. The second kappa shape index (κ2) is 30.1. The number of rotatable bonds is 21. The molecule has 8 rings (SSSR count). The highest BCUT2D eigenvalue weighted by molar-refractivity contribution is 7.87. The van der Waals surface area contributed by atoms with Gasteiger partial charge in [0.15, 0.2) is 10.3 Å². The molecule has 0 aliphatic rings. The number of nitro benzene ring substituents is 1. The Bertz CT molecular complexity index is 3560. The third-order valence-corrected chi connectivity index (χ3v) is 14.5. The van der Waals surface area contributed by atoms with Gasteiger partial charge in [-0.05, 0) is 88.8 Å². The minimum Gasteiger partial charge on any atom is -0.731 e. The summed E-state index contributed by atoms with van der Waals surface area (Å²) in [5.41, 5.74) is 5.07. The van der Waals surface area contributed by atoms with Crippen molar-refractivity contribution in [2.75, 3.05) is 4.72 Å². The summed E-state index contributed by atoms with van der Waals surface area (Å²) in [6.07, 6.45) is -0.278. The van der Waals surface area contributed by atoms with E-state index in [2.05, 4.69) is 21.3 Å². The molecule has 23 heteroatoms. The molecule has 2 heterocycles. The molecule has 446 valence electrons. The van der Waals surface area contributed by atoms with Gasteiger partial charge in [0.2, 0.25) is 11.8 Å². The number of nitrogens with zero attached hydrogens (tertiary/aromatic N) is 3. The standard InChI is InChI=1S/C31H34N4O6S2.C31H32N4O5S.H3N/c1-31(2,3)41-30(37)34-26(19-21-10-6-4-7-11-21)28(36)32-25(18-22-14-16-24(17-15-22)35-43(38,39)40)27-20-42-29(33-27)23-12-8-5-9-13-23;1-31(2,3)40-30(37)34-26(19-21-10-6-4-7-11-21)28(36)32-25(18-22-14-16-24(17-15-22)35(38)39)27-20-41-29(33-27)23-12-8-5-9-13-23;/h4-17,20,25-26,35H,18-19H2,1-3H3,(H,32,36)(H,34,37)(H,38,39,40);4-17,20,25-26H,18-19H2,1-3H3,(H,32,36)(H,34,37);1H3/t2*25-,26-;/m00./s1. The number of benzene rings is 6. The number of carbonyl (C=O) groups excluding carboxylic acids is 4. The number of nitrogens with one attached hydrogen (secondary N) is 5. The van der Waals surface area contributed by atoms with E-state index in [4.69, 9.17) is 19.4 Å². The third kappa shape index (κ3) is 21.7. The van der Waals surface area contributed by atoms with Crippen molar-refractivity contribution in [2.24, 2.45) is 0 Å². The molecule has 0 spiro atoms. The number of alkyl carbamates (subject to hydrolysis) is 2. The Morgan fingerprint density at radius 2 is 0.859 bits per heavy atom. The van der Waals surface area contributed by atoms with Gasteiger partial charge in [-0.1, -0.05) is 146 Å². The zero-order valence-electron chi connectivity index (χ0n) is 48.0. The van der Waals surface area contributed by atoms with E-state index in [0.717, 1.165) is 43.4 Å². The summed E-state index contributed by atoms with van der Waals surface area (Å²) >= 11 is 2.90. The van der Waals surface area contributed by atoms with Crippen molar-refractivity contribution in [1.82, 2.24) is 37.4 Å². The smallest absolute Gasteiger partial charge is 0.408 e. The van der Waals surface area contributed by atoms with Gasteiger partial charge in [0.25, 0.3) is 5.69 Å². The average Bonchev–Trinajstić information content (AvgIpc) is 4.32. The first-order valence-electron chi connectivity index (χ1n) is 26.7. The van der Waals surface area contributed by atoms with Crippen LogP contribution in [0.2, 0.25) is 0 Å². The molecule has 0 radical (unpaired) electrons. The van der Waals surface area contributed by atoms with Crippen molar-refractivity contribution in [3.8, 4) is 21.1 Å². The second-order valence-electron chi connectivity index (χ2n) is 21.4. The largest absolute Gasteiger partial charge is 0.731 e. The highest BCUT2D eigenvalue weighted by atomic mass is 32.2. The summed E-state index contributed by atoms with van der Waals surface area (Å²) in [6.45, 7) is 10.5. The van der Waals surface area contributed by atoms with E-state index in [9.17, 15) is 42.3 Å². The third-order valence-electron chi connectivity index (χ3n) is 12.2. The van der Waals surface area contributed by atoms with Crippen molar-refractivity contribution >= 4 is 68.4 Å². The van der Waals surface area contributed by atoms with Gasteiger partial charge >= 0.3 is 12.2 Å². The zero-order chi connectivity index (χ0) is 60.4. The number of thiazole rings is 2. The van der Waals surface area contributed by atoms with E-state index in [1.165, 1.54) is 46.9 Å². The van der Waals surface area contributed by atoms with Crippen LogP contribution in [-0.4, -0.2) is 75.1 Å². The number of ether oxygens (including phenoxy) is 2. The van der Waals surface area contributed by atoms with Crippen molar-refractivity contribution in [3.63, 3.8) is 0 Å². The molecule has 4 amide bonds. The molecule has 0 bridgehead atoms. The van der Waals surface area contributed by atoms with E-state index in [0.29, 0.717) is 24.2 Å². The maximum Gasteiger partial charge on any atom is 0.408 e. The minimum absolute atomic E-state index is 0. The van der Waals surface area contributed by atoms with Gasteiger partial charge in [0.05, 0.1) is 28.4 Å². The molecule has 0 aliphatic carbocycles. The van der Waals surface area contributed by atoms with Crippen LogP contribution in [-0.2, 0) is 55.1 Å². The number of nitro groups is 1. The van der Waals surface area contributed by atoms with Crippen LogP contribution >= 0.6 is 22.7 Å². The normalized spacial score (nSPS) is 12.7. The highest BCUT2D eigenvalue weighted by Gasteiger charge is 2.30. The zero-order valence-corrected chi connectivity index (χ0v) is 50.5. The van der Waals surface area contributed by atoms with Crippen LogP contribution in [0.3, 0.4) is 0 Å². The number of aromatic nitrogens is 2. The summed E-state index contributed by atoms with van der Waals surface area (Å²) in [6, 6.07) is 47.6. The number of hydrogen-bond acceptors (Lipinski definition) is 15.